The molecule has 3 aromatic heterocycles. The third-order valence-corrected chi connectivity index (χ3v) is 6.50. The zero-order valence-corrected chi connectivity index (χ0v) is 19.4. The maximum Gasteiger partial charge on any atom is 0.148 e. The van der Waals surface area contributed by atoms with E-state index in [2.05, 4.69) is 20.1 Å². The molecule has 5 aromatic rings. The molecule has 1 aliphatic rings. The van der Waals surface area contributed by atoms with Crippen LogP contribution in [0.3, 0.4) is 0 Å². The fourth-order valence-electron chi connectivity index (χ4n) is 4.34. The Bertz CT molecular complexity index is 1490. The Hall–Kier alpha value is -3.49. The van der Waals surface area contributed by atoms with Gasteiger partial charge in [-0.25, -0.2) is 9.97 Å². The predicted molar refractivity (Wildman–Crippen MR) is 130 cm³/mol. The third-order valence-electron chi connectivity index (χ3n) is 6.13. The van der Waals surface area contributed by atoms with Gasteiger partial charge < -0.3 is 14.5 Å². The van der Waals surface area contributed by atoms with Crippen LogP contribution in [0.2, 0.25) is 5.02 Å². The Morgan fingerprint density at radius 2 is 1.97 bits per heavy atom. The van der Waals surface area contributed by atoms with Crippen molar-refractivity contribution in [3.8, 4) is 22.8 Å². The van der Waals surface area contributed by atoms with Crippen LogP contribution in [0, 0.1) is 12.8 Å². The lowest BCUT2D eigenvalue weighted by Gasteiger charge is -2.21. The lowest BCUT2D eigenvalue weighted by Crippen LogP contribution is -2.20. The standard InChI is InChI=1S/C25H23ClN6O2/c1-15-29-19-3-2-18(10-21(19)30-15)34-23-5-4-20-25(24(23)26)31-22(12-27-20)17-11-28-32(14-17)13-16-6-8-33-9-7-16/h2-5,10-12,14,16H,6-9,13H2,1H3,(H,29,30). The van der Waals surface area contributed by atoms with Crippen LogP contribution >= 0.6 is 11.6 Å². The maximum absolute atomic E-state index is 6.73. The summed E-state index contributed by atoms with van der Waals surface area (Å²) in [6.07, 6.45) is 7.72. The molecule has 0 radical (unpaired) electrons. The minimum Gasteiger partial charge on any atom is -0.456 e. The largest absolute Gasteiger partial charge is 0.456 e. The van der Waals surface area contributed by atoms with Gasteiger partial charge in [0.25, 0.3) is 0 Å². The number of halogens is 1. The molecule has 0 unspecified atom stereocenters. The molecule has 9 heteroatoms. The number of hydrogen-bond acceptors (Lipinski definition) is 6. The maximum atomic E-state index is 6.73. The summed E-state index contributed by atoms with van der Waals surface area (Å²) in [5, 5.41) is 4.95. The Labute approximate surface area is 200 Å². The molecular weight excluding hydrogens is 452 g/mol. The Morgan fingerprint density at radius 1 is 1.12 bits per heavy atom. The molecule has 34 heavy (non-hydrogen) atoms. The second kappa shape index (κ2) is 8.70. The van der Waals surface area contributed by atoms with Gasteiger partial charge in [0.15, 0.2) is 0 Å². The predicted octanol–water partition coefficient (Wildman–Crippen LogP) is 5.55. The fraction of sp³-hybridized carbons (Fsp3) is 0.280. The van der Waals surface area contributed by atoms with E-state index in [-0.39, 0.29) is 0 Å². The molecule has 1 fully saturated rings. The van der Waals surface area contributed by atoms with Crippen LogP contribution in [-0.2, 0) is 11.3 Å². The number of hydrogen-bond donors (Lipinski definition) is 1. The molecular formula is C25H23ClN6O2. The minimum atomic E-state index is 0.419. The van der Waals surface area contributed by atoms with E-state index in [9.17, 15) is 0 Å². The Kier molecular flexibility index (Phi) is 5.39. The smallest absolute Gasteiger partial charge is 0.148 e. The summed E-state index contributed by atoms with van der Waals surface area (Å²) in [4.78, 5) is 17.0. The first-order valence-corrected chi connectivity index (χ1v) is 11.7. The topological polar surface area (TPSA) is 90.7 Å². The number of fused-ring (bicyclic) bond motifs is 2. The van der Waals surface area contributed by atoms with E-state index in [0.29, 0.717) is 33.5 Å². The van der Waals surface area contributed by atoms with Crippen molar-refractivity contribution in [2.45, 2.75) is 26.3 Å². The van der Waals surface area contributed by atoms with E-state index in [0.717, 1.165) is 60.7 Å². The number of nitrogens with one attached hydrogen (secondary N) is 1. The first kappa shape index (κ1) is 21.1. The van der Waals surface area contributed by atoms with Gasteiger partial charge in [-0.1, -0.05) is 11.6 Å². The molecule has 2 aromatic carbocycles. The molecule has 0 atom stereocenters. The normalized spacial score (nSPS) is 14.8. The van der Waals surface area contributed by atoms with Gasteiger partial charge in [0.2, 0.25) is 0 Å². The van der Waals surface area contributed by atoms with Gasteiger partial charge in [-0.05, 0) is 49.9 Å². The minimum absolute atomic E-state index is 0.419. The highest BCUT2D eigenvalue weighted by Crippen LogP contribution is 2.35. The number of H-pyrrole nitrogens is 1. The van der Waals surface area contributed by atoms with Crippen LogP contribution in [0.15, 0.2) is 48.9 Å². The van der Waals surface area contributed by atoms with Crippen LogP contribution in [0.25, 0.3) is 33.3 Å². The van der Waals surface area contributed by atoms with E-state index in [1.165, 1.54) is 0 Å². The fourth-order valence-corrected chi connectivity index (χ4v) is 4.58. The monoisotopic (exact) mass is 474 g/mol. The molecule has 0 bridgehead atoms. The summed E-state index contributed by atoms with van der Waals surface area (Å²) in [6, 6.07) is 9.37. The van der Waals surface area contributed by atoms with Crippen molar-refractivity contribution in [3.63, 3.8) is 0 Å². The van der Waals surface area contributed by atoms with Gasteiger partial charge in [0.1, 0.15) is 27.9 Å². The van der Waals surface area contributed by atoms with Gasteiger partial charge in [-0.15, -0.1) is 0 Å². The van der Waals surface area contributed by atoms with Crippen molar-refractivity contribution in [2.75, 3.05) is 13.2 Å². The molecule has 8 nitrogen and oxygen atoms in total. The average molecular weight is 475 g/mol. The molecule has 1 aliphatic heterocycles. The summed E-state index contributed by atoms with van der Waals surface area (Å²) in [7, 11) is 0. The summed E-state index contributed by atoms with van der Waals surface area (Å²) >= 11 is 6.73. The third kappa shape index (κ3) is 4.10. The quantitative estimate of drug-likeness (QED) is 0.359. The van der Waals surface area contributed by atoms with Crippen molar-refractivity contribution < 1.29 is 9.47 Å². The number of nitrogens with zero attached hydrogens (tertiary/aromatic N) is 5. The van der Waals surface area contributed by atoms with E-state index in [1.807, 2.05) is 54.3 Å². The van der Waals surface area contributed by atoms with Crippen LogP contribution in [0.1, 0.15) is 18.7 Å². The molecule has 0 saturated carbocycles. The van der Waals surface area contributed by atoms with Crippen molar-refractivity contribution in [2.24, 2.45) is 5.92 Å². The van der Waals surface area contributed by atoms with Crippen LogP contribution in [0.4, 0.5) is 0 Å². The van der Waals surface area contributed by atoms with Crippen molar-refractivity contribution in [1.29, 1.82) is 0 Å². The van der Waals surface area contributed by atoms with Gasteiger partial charge in [0, 0.05) is 37.6 Å². The number of aromatic amines is 1. The lowest BCUT2D eigenvalue weighted by molar-refractivity contribution is 0.0601. The highest BCUT2D eigenvalue weighted by atomic mass is 35.5. The van der Waals surface area contributed by atoms with Crippen molar-refractivity contribution >= 4 is 33.7 Å². The summed E-state index contributed by atoms with van der Waals surface area (Å²) < 4.78 is 13.5. The molecule has 0 spiro atoms. The number of aryl methyl sites for hydroxylation is 1. The summed E-state index contributed by atoms with van der Waals surface area (Å²) in [5.74, 6) is 2.63. The van der Waals surface area contributed by atoms with E-state index in [1.54, 1.807) is 6.20 Å². The van der Waals surface area contributed by atoms with Crippen molar-refractivity contribution in [1.82, 2.24) is 29.7 Å². The molecule has 1 N–H and O–H groups in total. The van der Waals surface area contributed by atoms with Crippen LogP contribution < -0.4 is 4.74 Å². The first-order chi connectivity index (χ1) is 16.6. The molecule has 0 aliphatic carbocycles. The van der Waals surface area contributed by atoms with E-state index < -0.39 is 0 Å². The molecule has 1 saturated heterocycles. The van der Waals surface area contributed by atoms with Gasteiger partial charge in [-0.3, -0.25) is 9.67 Å². The highest BCUT2D eigenvalue weighted by molar-refractivity contribution is 6.36. The number of aromatic nitrogens is 6. The lowest BCUT2D eigenvalue weighted by atomic mass is 10.0. The van der Waals surface area contributed by atoms with Gasteiger partial charge in [0.05, 0.1) is 34.6 Å². The Balaban J connectivity index is 1.28. The number of benzene rings is 2. The number of ether oxygens (including phenoxy) is 2. The Morgan fingerprint density at radius 3 is 2.85 bits per heavy atom. The number of imidazole rings is 1. The summed E-state index contributed by atoms with van der Waals surface area (Å²) in [5.41, 5.74) is 4.72. The van der Waals surface area contributed by atoms with Crippen molar-refractivity contribution in [3.05, 3.63) is 59.8 Å². The molecule has 6 rings (SSSR count). The van der Waals surface area contributed by atoms with Gasteiger partial charge in [-0.2, -0.15) is 5.10 Å². The highest BCUT2D eigenvalue weighted by Gasteiger charge is 2.16. The second-order valence-corrected chi connectivity index (χ2v) is 8.99. The van der Waals surface area contributed by atoms with E-state index >= 15 is 0 Å². The molecule has 172 valence electrons. The first-order valence-electron chi connectivity index (χ1n) is 11.3. The second-order valence-electron chi connectivity index (χ2n) is 8.61. The van der Waals surface area contributed by atoms with Crippen LogP contribution in [-0.4, -0.2) is 42.9 Å². The molecule has 4 heterocycles. The zero-order valence-electron chi connectivity index (χ0n) is 18.7. The van der Waals surface area contributed by atoms with Gasteiger partial charge >= 0.3 is 0 Å². The number of rotatable bonds is 5. The molecule has 0 amide bonds. The average Bonchev–Trinajstić information content (AvgIpc) is 3.47. The van der Waals surface area contributed by atoms with Crippen LogP contribution in [0.5, 0.6) is 11.5 Å². The summed E-state index contributed by atoms with van der Waals surface area (Å²) in [6.45, 7) is 4.45. The van der Waals surface area contributed by atoms with E-state index in [4.69, 9.17) is 26.1 Å². The zero-order chi connectivity index (χ0) is 23.1. The SMILES string of the molecule is Cc1nc2ccc(Oc3ccc4ncc(-c5cnn(CC6CCOCC6)c5)nc4c3Cl)cc2[nH]1.